The fraction of sp³-hybridized carbons (Fsp3) is 0.231. The van der Waals surface area contributed by atoms with Gasteiger partial charge in [-0.05, 0) is 31.5 Å². The second-order valence-electron chi connectivity index (χ2n) is 4.00. The van der Waals surface area contributed by atoms with Crippen LogP contribution in [-0.4, -0.2) is 16.5 Å². The highest BCUT2D eigenvalue weighted by Crippen LogP contribution is 2.22. The van der Waals surface area contributed by atoms with Crippen molar-refractivity contribution in [1.29, 1.82) is 0 Å². The number of nitrogens with zero attached hydrogens (tertiary/aromatic N) is 2. The van der Waals surface area contributed by atoms with Gasteiger partial charge in [-0.15, -0.1) is 0 Å². The predicted octanol–water partition coefficient (Wildman–Crippen LogP) is 3.24. The molecule has 0 bridgehead atoms. The van der Waals surface area contributed by atoms with Crippen LogP contribution in [0.2, 0.25) is 0 Å². The number of aryl methyl sites for hydroxylation is 1. The first kappa shape index (κ1) is 13.2. The lowest BCUT2D eigenvalue weighted by molar-refractivity contribution is 0.595. The first-order valence-electron chi connectivity index (χ1n) is 5.89. The topological polar surface area (TPSA) is 49.8 Å². The van der Waals surface area contributed by atoms with Crippen LogP contribution in [0.15, 0.2) is 24.4 Å². The van der Waals surface area contributed by atoms with E-state index in [-0.39, 0.29) is 11.3 Å². The van der Waals surface area contributed by atoms with Crippen molar-refractivity contribution in [3.63, 3.8) is 0 Å². The quantitative estimate of drug-likeness (QED) is 0.890. The third-order valence-corrected chi connectivity index (χ3v) is 2.50. The van der Waals surface area contributed by atoms with E-state index in [1.807, 2.05) is 6.92 Å². The fourth-order valence-corrected chi connectivity index (χ4v) is 1.55. The number of aromatic nitrogens is 2. The van der Waals surface area contributed by atoms with Gasteiger partial charge in [0.25, 0.3) is 0 Å². The SMILES string of the molecule is CCNc1nccc(Nc2cc(F)c(C)cc2F)n1. The van der Waals surface area contributed by atoms with Gasteiger partial charge in [-0.25, -0.2) is 13.8 Å². The Kier molecular flexibility index (Phi) is 3.89. The molecule has 0 atom stereocenters. The molecule has 1 aromatic heterocycles. The van der Waals surface area contributed by atoms with Crippen molar-refractivity contribution in [3.05, 3.63) is 41.6 Å². The number of nitrogens with one attached hydrogen (secondary N) is 2. The summed E-state index contributed by atoms with van der Waals surface area (Å²) in [5, 5.41) is 5.67. The summed E-state index contributed by atoms with van der Waals surface area (Å²) in [6.07, 6.45) is 1.54. The molecule has 0 amide bonds. The third-order valence-electron chi connectivity index (χ3n) is 2.50. The van der Waals surface area contributed by atoms with Gasteiger partial charge in [0.05, 0.1) is 5.69 Å². The zero-order valence-corrected chi connectivity index (χ0v) is 10.7. The van der Waals surface area contributed by atoms with Crippen molar-refractivity contribution in [3.8, 4) is 0 Å². The Labute approximate surface area is 109 Å². The second-order valence-corrected chi connectivity index (χ2v) is 4.00. The predicted molar refractivity (Wildman–Crippen MR) is 70.6 cm³/mol. The van der Waals surface area contributed by atoms with Crippen LogP contribution in [0.25, 0.3) is 0 Å². The van der Waals surface area contributed by atoms with E-state index < -0.39 is 11.6 Å². The molecule has 0 unspecified atom stereocenters. The highest BCUT2D eigenvalue weighted by molar-refractivity contribution is 5.58. The Morgan fingerprint density at radius 3 is 2.74 bits per heavy atom. The molecule has 0 saturated carbocycles. The minimum atomic E-state index is -0.525. The van der Waals surface area contributed by atoms with Gasteiger partial charge in [0.2, 0.25) is 5.95 Å². The first-order chi connectivity index (χ1) is 9.10. The van der Waals surface area contributed by atoms with Crippen molar-refractivity contribution in [2.75, 3.05) is 17.2 Å². The van der Waals surface area contributed by atoms with Gasteiger partial charge in [-0.2, -0.15) is 4.98 Å². The number of hydrogen-bond donors (Lipinski definition) is 2. The van der Waals surface area contributed by atoms with Crippen LogP contribution in [0.5, 0.6) is 0 Å². The normalized spacial score (nSPS) is 10.3. The Balaban J connectivity index is 2.25. The van der Waals surface area contributed by atoms with E-state index in [9.17, 15) is 8.78 Å². The number of anilines is 3. The van der Waals surface area contributed by atoms with E-state index in [4.69, 9.17) is 0 Å². The van der Waals surface area contributed by atoms with Crippen LogP contribution >= 0.6 is 0 Å². The van der Waals surface area contributed by atoms with Crippen LogP contribution in [0.4, 0.5) is 26.2 Å². The lowest BCUT2D eigenvalue weighted by atomic mass is 10.2. The largest absolute Gasteiger partial charge is 0.354 e. The minimum absolute atomic E-state index is 0.0456. The minimum Gasteiger partial charge on any atom is -0.354 e. The molecule has 0 spiro atoms. The standard InChI is InChI=1S/C13H14F2N4/c1-3-16-13-17-5-4-12(19-13)18-11-7-9(14)8(2)6-10(11)15/h4-7H,3H2,1-2H3,(H2,16,17,18,19). The van der Waals surface area contributed by atoms with E-state index in [2.05, 4.69) is 20.6 Å². The Bertz CT molecular complexity index is 587. The average Bonchev–Trinajstić information content (AvgIpc) is 2.37. The molecule has 6 heteroatoms. The van der Waals surface area contributed by atoms with E-state index in [1.54, 1.807) is 6.07 Å². The lowest BCUT2D eigenvalue weighted by Gasteiger charge is -2.09. The molecular formula is C13H14F2N4. The highest BCUT2D eigenvalue weighted by atomic mass is 19.1. The molecule has 0 aliphatic heterocycles. The molecular weight excluding hydrogens is 250 g/mol. The summed E-state index contributed by atoms with van der Waals surface area (Å²) in [6.45, 7) is 4.10. The van der Waals surface area contributed by atoms with Crippen LogP contribution in [0.1, 0.15) is 12.5 Å². The summed E-state index contributed by atoms with van der Waals surface area (Å²) in [5.74, 6) is -0.166. The van der Waals surface area contributed by atoms with Crippen molar-refractivity contribution in [1.82, 2.24) is 9.97 Å². The van der Waals surface area contributed by atoms with E-state index in [1.165, 1.54) is 13.1 Å². The van der Waals surface area contributed by atoms with Gasteiger partial charge in [0, 0.05) is 18.8 Å². The summed E-state index contributed by atoms with van der Waals surface area (Å²) in [6, 6.07) is 3.84. The van der Waals surface area contributed by atoms with Crippen molar-refractivity contribution in [2.24, 2.45) is 0 Å². The highest BCUT2D eigenvalue weighted by Gasteiger charge is 2.08. The summed E-state index contributed by atoms with van der Waals surface area (Å²) < 4.78 is 27.1. The van der Waals surface area contributed by atoms with Crippen LogP contribution in [-0.2, 0) is 0 Å². The third kappa shape index (κ3) is 3.15. The van der Waals surface area contributed by atoms with Gasteiger partial charge in [0.15, 0.2) is 0 Å². The zero-order valence-electron chi connectivity index (χ0n) is 10.7. The molecule has 2 rings (SSSR count). The maximum atomic E-state index is 13.7. The average molecular weight is 264 g/mol. The van der Waals surface area contributed by atoms with Crippen molar-refractivity contribution in [2.45, 2.75) is 13.8 Å². The molecule has 1 aromatic carbocycles. The first-order valence-corrected chi connectivity index (χ1v) is 5.89. The monoisotopic (exact) mass is 264 g/mol. The molecule has 0 radical (unpaired) electrons. The van der Waals surface area contributed by atoms with E-state index in [0.717, 1.165) is 12.1 Å². The molecule has 100 valence electrons. The molecule has 0 aliphatic rings. The van der Waals surface area contributed by atoms with Crippen molar-refractivity contribution < 1.29 is 8.78 Å². The Hall–Kier alpha value is -2.24. The second kappa shape index (κ2) is 5.60. The molecule has 2 aromatic rings. The Morgan fingerprint density at radius 1 is 1.21 bits per heavy atom. The van der Waals surface area contributed by atoms with Crippen LogP contribution < -0.4 is 10.6 Å². The molecule has 4 nitrogen and oxygen atoms in total. The van der Waals surface area contributed by atoms with E-state index >= 15 is 0 Å². The molecule has 1 heterocycles. The van der Waals surface area contributed by atoms with Crippen molar-refractivity contribution >= 4 is 17.5 Å². The van der Waals surface area contributed by atoms with E-state index in [0.29, 0.717) is 18.3 Å². The fourth-order valence-electron chi connectivity index (χ4n) is 1.55. The summed E-state index contributed by atoms with van der Waals surface area (Å²) in [5.41, 5.74) is 0.309. The number of rotatable bonds is 4. The lowest BCUT2D eigenvalue weighted by Crippen LogP contribution is -2.04. The zero-order chi connectivity index (χ0) is 13.8. The smallest absolute Gasteiger partial charge is 0.224 e. The number of hydrogen-bond acceptors (Lipinski definition) is 4. The maximum absolute atomic E-state index is 13.7. The Morgan fingerprint density at radius 2 is 2.00 bits per heavy atom. The number of halogens is 2. The summed E-state index contributed by atoms with van der Waals surface area (Å²) >= 11 is 0. The maximum Gasteiger partial charge on any atom is 0.224 e. The molecule has 0 aliphatic carbocycles. The van der Waals surface area contributed by atoms with Gasteiger partial charge in [-0.3, -0.25) is 0 Å². The summed E-state index contributed by atoms with van der Waals surface area (Å²) in [7, 11) is 0. The molecule has 0 saturated heterocycles. The number of benzene rings is 1. The summed E-state index contributed by atoms with van der Waals surface area (Å²) in [4.78, 5) is 8.12. The molecule has 0 fully saturated rings. The van der Waals surface area contributed by atoms with Gasteiger partial charge >= 0.3 is 0 Å². The van der Waals surface area contributed by atoms with Crippen LogP contribution in [0.3, 0.4) is 0 Å². The van der Waals surface area contributed by atoms with Gasteiger partial charge in [0.1, 0.15) is 17.5 Å². The van der Waals surface area contributed by atoms with Gasteiger partial charge < -0.3 is 10.6 Å². The molecule has 19 heavy (non-hydrogen) atoms. The van der Waals surface area contributed by atoms with Gasteiger partial charge in [-0.1, -0.05) is 0 Å². The van der Waals surface area contributed by atoms with Crippen LogP contribution in [0, 0.1) is 18.6 Å². The molecule has 2 N–H and O–H groups in total.